The van der Waals surface area contributed by atoms with E-state index >= 15 is 0 Å². The number of halogens is 2. The molecule has 16 heavy (non-hydrogen) atoms. The predicted molar refractivity (Wildman–Crippen MR) is 54.0 cm³/mol. The molecule has 0 amide bonds. The molecule has 0 N–H and O–H groups in total. The first kappa shape index (κ1) is 10.4. The fourth-order valence-electron chi connectivity index (χ4n) is 1.30. The van der Waals surface area contributed by atoms with E-state index in [9.17, 15) is 13.6 Å². The number of aromatic nitrogens is 1. The van der Waals surface area contributed by atoms with Crippen LogP contribution in [0, 0.1) is 11.6 Å². The SMILES string of the molecule is O=C(c1cccnc1)c1ccc(F)c(F)c1. The van der Waals surface area contributed by atoms with Crippen molar-refractivity contribution in [1.29, 1.82) is 0 Å². The Kier molecular flexibility index (Phi) is 2.72. The van der Waals surface area contributed by atoms with Gasteiger partial charge in [0, 0.05) is 23.5 Å². The lowest BCUT2D eigenvalue weighted by molar-refractivity contribution is 0.103. The summed E-state index contributed by atoms with van der Waals surface area (Å²) in [5.74, 6) is -2.38. The summed E-state index contributed by atoms with van der Waals surface area (Å²) in [6.45, 7) is 0. The van der Waals surface area contributed by atoms with Crippen LogP contribution in [-0.4, -0.2) is 10.8 Å². The van der Waals surface area contributed by atoms with Crippen LogP contribution in [0.25, 0.3) is 0 Å². The maximum atomic E-state index is 12.9. The molecule has 0 bridgehead atoms. The Bertz CT molecular complexity index is 526. The topological polar surface area (TPSA) is 30.0 Å². The highest BCUT2D eigenvalue weighted by Gasteiger charge is 2.11. The molecule has 0 aliphatic heterocycles. The lowest BCUT2D eigenvalue weighted by Crippen LogP contribution is -2.02. The van der Waals surface area contributed by atoms with Crippen LogP contribution < -0.4 is 0 Å². The van der Waals surface area contributed by atoms with Crippen LogP contribution in [0.15, 0.2) is 42.7 Å². The lowest BCUT2D eigenvalue weighted by Gasteiger charge is -2.00. The van der Waals surface area contributed by atoms with Crippen molar-refractivity contribution in [3.63, 3.8) is 0 Å². The molecular weight excluding hydrogens is 212 g/mol. The number of carbonyl (C=O) groups is 1. The summed E-state index contributed by atoms with van der Waals surface area (Å²) >= 11 is 0. The first-order valence-electron chi connectivity index (χ1n) is 4.58. The molecule has 0 atom stereocenters. The van der Waals surface area contributed by atoms with Crippen LogP contribution in [-0.2, 0) is 0 Å². The number of ketones is 1. The largest absolute Gasteiger partial charge is 0.289 e. The summed E-state index contributed by atoms with van der Waals surface area (Å²) in [4.78, 5) is 15.6. The van der Waals surface area contributed by atoms with E-state index in [4.69, 9.17) is 0 Å². The van der Waals surface area contributed by atoms with Gasteiger partial charge in [-0.05, 0) is 30.3 Å². The van der Waals surface area contributed by atoms with Gasteiger partial charge in [-0.15, -0.1) is 0 Å². The van der Waals surface area contributed by atoms with Gasteiger partial charge in [-0.3, -0.25) is 9.78 Å². The molecule has 1 aromatic carbocycles. The van der Waals surface area contributed by atoms with Crippen molar-refractivity contribution in [2.75, 3.05) is 0 Å². The summed E-state index contributed by atoms with van der Waals surface area (Å²) in [5.41, 5.74) is 0.445. The maximum Gasteiger partial charge on any atom is 0.194 e. The second-order valence-electron chi connectivity index (χ2n) is 3.20. The van der Waals surface area contributed by atoms with Crippen molar-refractivity contribution in [3.05, 3.63) is 65.5 Å². The molecule has 4 heteroatoms. The first-order valence-corrected chi connectivity index (χ1v) is 4.58. The van der Waals surface area contributed by atoms with Crippen molar-refractivity contribution < 1.29 is 13.6 Å². The van der Waals surface area contributed by atoms with Crippen LogP contribution in [0.4, 0.5) is 8.78 Å². The fraction of sp³-hybridized carbons (Fsp3) is 0. The number of pyridine rings is 1. The van der Waals surface area contributed by atoms with Gasteiger partial charge in [0.05, 0.1) is 0 Å². The molecule has 0 unspecified atom stereocenters. The first-order chi connectivity index (χ1) is 7.68. The Morgan fingerprint density at radius 2 is 1.88 bits per heavy atom. The fourth-order valence-corrected chi connectivity index (χ4v) is 1.30. The molecule has 80 valence electrons. The molecule has 2 rings (SSSR count). The van der Waals surface area contributed by atoms with Crippen molar-refractivity contribution >= 4 is 5.78 Å². The maximum absolute atomic E-state index is 12.9. The third kappa shape index (κ3) is 1.95. The third-order valence-electron chi connectivity index (χ3n) is 2.11. The number of nitrogens with zero attached hydrogens (tertiary/aromatic N) is 1. The zero-order valence-electron chi connectivity index (χ0n) is 8.15. The highest BCUT2D eigenvalue weighted by Crippen LogP contribution is 2.12. The average molecular weight is 219 g/mol. The van der Waals surface area contributed by atoms with Gasteiger partial charge in [-0.2, -0.15) is 0 Å². The van der Waals surface area contributed by atoms with Crippen molar-refractivity contribution in [2.24, 2.45) is 0 Å². The third-order valence-corrected chi connectivity index (χ3v) is 2.11. The summed E-state index contributed by atoms with van der Waals surface area (Å²) in [5, 5.41) is 0. The highest BCUT2D eigenvalue weighted by atomic mass is 19.2. The quantitative estimate of drug-likeness (QED) is 0.726. The number of carbonyl (C=O) groups excluding carboxylic acids is 1. The Morgan fingerprint density at radius 3 is 2.50 bits per heavy atom. The van der Waals surface area contributed by atoms with Crippen LogP contribution in [0.5, 0.6) is 0 Å². The van der Waals surface area contributed by atoms with Crippen molar-refractivity contribution in [3.8, 4) is 0 Å². The molecule has 0 saturated heterocycles. The van der Waals surface area contributed by atoms with Crippen LogP contribution in [0.1, 0.15) is 15.9 Å². The second kappa shape index (κ2) is 4.18. The van der Waals surface area contributed by atoms with Gasteiger partial charge < -0.3 is 0 Å². The summed E-state index contributed by atoms with van der Waals surface area (Å²) in [6.07, 6.45) is 2.91. The van der Waals surface area contributed by atoms with Crippen LogP contribution in [0.2, 0.25) is 0 Å². The van der Waals surface area contributed by atoms with E-state index in [1.54, 1.807) is 12.1 Å². The molecule has 0 aliphatic rings. The van der Waals surface area contributed by atoms with E-state index in [1.807, 2.05) is 0 Å². The normalized spacial score (nSPS) is 10.1. The molecule has 1 aromatic heterocycles. The van der Waals surface area contributed by atoms with Gasteiger partial charge in [0.15, 0.2) is 17.4 Å². The lowest BCUT2D eigenvalue weighted by atomic mass is 10.1. The minimum atomic E-state index is -1.03. The van der Waals surface area contributed by atoms with E-state index in [1.165, 1.54) is 18.5 Å². The van der Waals surface area contributed by atoms with Gasteiger partial charge in [-0.1, -0.05) is 0 Å². The Hall–Kier alpha value is -2.10. The smallest absolute Gasteiger partial charge is 0.194 e. The van der Waals surface area contributed by atoms with Crippen molar-refractivity contribution in [1.82, 2.24) is 4.98 Å². The average Bonchev–Trinajstić information content (AvgIpc) is 2.33. The number of benzene rings is 1. The van der Waals surface area contributed by atoms with Crippen LogP contribution >= 0.6 is 0 Å². The summed E-state index contributed by atoms with van der Waals surface area (Å²) < 4.78 is 25.6. The van der Waals surface area contributed by atoms with Gasteiger partial charge in [0.25, 0.3) is 0 Å². The summed E-state index contributed by atoms with van der Waals surface area (Å²) in [7, 11) is 0. The minimum Gasteiger partial charge on any atom is -0.289 e. The molecule has 0 saturated carbocycles. The predicted octanol–water partition coefficient (Wildman–Crippen LogP) is 2.59. The second-order valence-corrected chi connectivity index (χ2v) is 3.20. The van der Waals surface area contributed by atoms with E-state index in [0.29, 0.717) is 5.56 Å². The standard InChI is InChI=1S/C12H7F2NO/c13-10-4-3-8(6-11(10)14)12(16)9-2-1-5-15-7-9/h1-7H. The molecule has 0 radical (unpaired) electrons. The molecule has 1 heterocycles. The summed E-state index contributed by atoms with van der Waals surface area (Å²) in [6, 6.07) is 6.22. The number of rotatable bonds is 2. The van der Waals surface area contributed by atoms with Crippen molar-refractivity contribution in [2.45, 2.75) is 0 Å². The monoisotopic (exact) mass is 219 g/mol. The Labute approximate surface area is 90.6 Å². The zero-order valence-corrected chi connectivity index (χ0v) is 8.15. The van der Waals surface area contributed by atoms with E-state index in [0.717, 1.165) is 12.1 Å². The van der Waals surface area contributed by atoms with E-state index < -0.39 is 11.6 Å². The minimum absolute atomic E-state index is 0.104. The molecule has 0 fully saturated rings. The molecule has 0 spiro atoms. The van der Waals surface area contributed by atoms with Gasteiger partial charge in [-0.25, -0.2) is 8.78 Å². The van der Waals surface area contributed by atoms with E-state index in [-0.39, 0.29) is 11.3 Å². The molecule has 2 nitrogen and oxygen atoms in total. The Balaban J connectivity index is 2.39. The zero-order chi connectivity index (χ0) is 11.5. The molecular formula is C12H7F2NO. The van der Waals surface area contributed by atoms with E-state index in [2.05, 4.69) is 4.98 Å². The van der Waals surface area contributed by atoms with Gasteiger partial charge >= 0.3 is 0 Å². The van der Waals surface area contributed by atoms with Gasteiger partial charge in [0.1, 0.15) is 0 Å². The van der Waals surface area contributed by atoms with Crippen LogP contribution in [0.3, 0.4) is 0 Å². The van der Waals surface area contributed by atoms with Gasteiger partial charge in [0.2, 0.25) is 0 Å². The number of hydrogen-bond acceptors (Lipinski definition) is 2. The number of hydrogen-bond donors (Lipinski definition) is 0. The Morgan fingerprint density at radius 1 is 1.06 bits per heavy atom. The highest BCUT2D eigenvalue weighted by molar-refractivity contribution is 6.08. The molecule has 2 aromatic rings. The molecule has 0 aliphatic carbocycles.